The fourth-order valence-corrected chi connectivity index (χ4v) is 1.61. The van der Waals surface area contributed by atoms with Crippen molar-refractivity contribution in [2.75, 3.05) is 0 Å². The van der Waals surface area contributed by atoms with Crippen molar-refractivity contribution in [1.29, 1.82) is 0 Å². The third-order valence-corrected chi connectivity index (χ3v) is 2.29. The van der Waals surface area contributed by atoms with Crippen LogP contribution in [-0.4, -0.2) is 11.1 Å². The van der Waals surface area contributed by atoms with Gasteiger partial charge in [0.1, 0.15) is 0 Å². The lowest BCUT2D eigenvalue weighted by Gasteiger charge is -2.04. The largest absolute Gasteiger partial charge is 0.478 e. The second-order valence-corrected chi connectivity index (χ2v) is 3.48. The zero-order valence-electron chi connectivity index (χ0n) is 7.42. The Hall–Kier alpha value is -0.990. The summed E-state index contributed by atoms with van der Waals surface area (Å²) in [5, 5.41) is 9.69. The predicted octanol–water partition coefficient (Wildman–Crippen LogP) is 3.48. The van der Waals surface area contributed by atoms with E-state index in [-0.39, 0.29) is 5.57 Å². The normalized spacial score (nSPS) is 11.5. The second kappa shape index (κ2) is 4.49. The Morgan fingerprint density at radius 3 is 2.50 bits per heavy atom. The third-order valence-electron chi connectivity index (χ3n) is 1.74. The summed E-state index contributed by atoms with van der Waals surface area (Å²) in [7, 11) is 0. The summed E-state index contributed by atoms with van der Waals surface area (Å²) >= 11 is 11.6. The molecule has 0 unspecified atom stereocenters. The monoisotopic (exact) mass is 230 g/mol. The van der Waals surface area contributed by atoms with Crippen LogP contribution in [0.2, 0.25) is 10.0 Å². The smallest absolute Gasteiger partial charge is 0.336 e. The van der Waals surface area contributed by atoms with Gasteiger partial charge in [0.25, 0.3) is 0 Å². The van der Waals surface area contributed by atoms with Gasteiger partial charge in [-0.15, -0.1) is 0 Å². The highest BCUT2D eigenvalue weighted by molar-refractivity contribution is 6.37. The van der Waals surface area contributed by atoms with Crippen molar-refractivity contribution in [1.82, 2.24) is 0 Å². The Morgan fingerprint density at radius 1 is 1.43 bits per heavy atom. The number of carboxylic acids is 1. The van der Waals surface area contributed by atoms with Crippen LogP contribution in [0.25, 0.3) is 5.57 Å². The standard InChI is InChI=1S/C10H8Cl2O2/c1-2-7(10(13)14)8-4-3-6(11)5-9(8)12/h2-5H,1H3,(H,13,14)/b7-2-. The number of carboxylic acid groups (broad SMARTS) is 1. The van der Waals surface area contributed by atoms with Crippen molar-refractivity contribution in [2.24, 2.45) is 0 Å². The first-order chi connectivity index (χ1) is 6.56. The van der Waals surface area contributed by atoms with Gasteiger partial charge in [-0.2, -0.15) is 0 Å². The molecule has 0 heterocycles. The van der Waals surface area contributed by atoms with Gasteiger partial charge >= 0.3 is 5.97 Å². The summed E-state index contributed by atoms with van der Waals surface area (Å²) in [6, 6.07) is 4.72. The quantitative estimate of drug-likeness (QED) is 0.791. The minimum atomic E-state index is -1.00. The van der Waals surface area contributed by atoms with Crippen LogP contribution in [0.4, 0.5) is 0 Å². The van der Waals surface area contributed by atoms with Gasteiger partial charge in [0.2, 0.25) is 0 Å². The first-order valence-electron chi connectivity index (χ1n) is 3.91. The maximum Gasteiger partial charge on any atom is 0.336 e. The van der Waals surface area contributed by atoms with E-state index in [2.05, 4.69) is 0 Å². The molecule has 1 rings (SSSR count). The Bertz CT molecular complexity index is 397. The molecular formula is C10H8Cl2O2. The van der Waals surface area contributed by atoms with Crippen LogP contribution >= 0.6 is 23.2 Å². The van der Waals surface area contributed by atoms with Crippen LogP contribution in [0.15, 0.2) is 24.3 Å². The van der Waals surface area contributed by atoms with Crippen molar-refractivity contribution < 1.29 is 9.90 Å². The number of benzene rings is 1. The van der Waals surface area contributed by atoms with Gasteiger partial charge in [-0.1, -0.05) is 35.3 Å². The molecule has 1 aromatic carbocycles. The molecule has 0 saturated heterocycles. The third kappa shape index (κ3) is 2.28. The van der Waals surface area contributed by atoms with Gasteiger partial charge in [0.05, 0.1) is 10.6 Å². The van der Waals surface area contributed by atoms with E-state index in [1.807, 2.05) is 0 Å². The van der Waals surface area contributed by atoms with Gasteiger partial charge in [-0.25, -0.2) is 4.79 Å². The lowest BCUT2D eigenvalue weighted by molar-refractivity contribution is -0.130. The predicted molar refractivity (Wildman–Crippen MR) is 57.7 cm³/mol. The SMILES string of the molecule is C/C=C(\C(=O)O)c1ccc(Cl)cc1Cl. The lowest BCUT2D eigenvalue weighted by atomic mass is 10.1. The van der Waals surface area contributed by atoms with E-state index >= 15 is 0 Å². The summed E-state index contributed by atoms with van der Waals surface area (Å²) in [5.74, 6) is -1.00. The van der Waals surface area contributed by atoms with E-state index in [0.717, 1.165) is 0 Å². The fraction of sp³-hybridized carbons (Fsp3) is 0.100. The molecule has 0 spiro atoms. The first kappa shape index (κ1) is 11.1. The second-order valence-electron chi connectivity index (χ2n) is 2.63. The number of halogens is 2. The number of hydrogen-bond acceptors (Lipinski definition) is 1. The maximum absolute atomic E-state index is 10.8. The van der Waals surface area contributed by atoms with E-state index in [4.69, 9.17) is 28.3 Å². The number of aliphatic carboxylic acids is 1. The fourth-order valence-electron chi connectivity index (χ4n) is 1.10. The summed E-state index contributed by atoms with van der Waals surface area (Å²) in [5.41, 5.74) is 0.651. The van der Waals surface area contributed by atoms with Crippen LogP contribution in [0.1, 0.15) is 12.5 Å². The highest BCUT2D eigenvalue weighted by atomic mass is 35.5. The van der Waals surface area contributed by atoms with E-state index < -0.39 is 5.97 Å². The number of allylic oxidation sites excluding steroid dienone is 1. The van der Waals surface area contributed by atoms with Gasteiger partial charge in [0.15, 0.2) is 0 Å². The molecule has 1 N–H and O–H groups in total. The molecule has 0 saturated carbocycles. The zero-order valence-corrected chi connectivity index (χ0v) is 8.93. The van der Waals surface area contributed by atoms with Gasteiger partial charge in [-0.05, 0) is 19.1 Å². The molecule has 74 valence electrons. The Balaban J connectivity index is 3.25. The molecule has 0 aliphatic carbocycles. The molecule has 0 aliphatic heterocycles. The van der Waals surface area contributed by atoms with E-state index in [1.54, 1.807) is 19.1 Å². The van der Waals surface area contributed by atoms with E-state index in [1.165, 1.54) is 12.1 Å². The highest BCUT2D eigenvalue weighted by Gasteiger charge is 2.12. The molecule has 0 aromatic heterocycles. The van der Waals surface area contributed by atoms with Crippen LogP contribution in [0.5, 0.6) is 0 Å². The Morgan fingerprint density at radius 2 is 2.07 bits per heavy atom. The maximum atomic E-state index is 10.8. The van der Waals surface area contributed by atoms with E-state index in [0.29, 0.717) is 15.6 Å². The number of hydrogen-bond donors (Lipinski definition) is 1. The summed E-state index contributed by atoms with van der Waals surface area (Å²) in [4.78, 5) is 10.8. The molecule has 14 heavy (non-hydrogen) atoms. The molecule has 0 bridgehead atoms. The van der Waals surface area contributed by atoms with Crippen molar-refractivity contribution in [2.45, 2.75) is 6.92 Å². The van der Waals surface area contributed by atoms with Crippen molar-refractivity contribution >= 4 is 34.7 Å². The highest BCUT2D eigenvalue weighted by Crippen LogP contribution is 2.26. The van der Waals surface area contributed by atoms with Crippen LogP contribution in [0.3, 0.4) is 0 Å². The average Bonchev–Trinajstić information content (AvgIpc) is 2.09. The van der Waals surface area contributed by atoms with Crippen LogP contribution in [0, 0.1) is 0 Å². The lowest BCUT2D eigenvalue weighted by Crippen LogP contribution is -1.99. The number of carbonyl (C=O) groups is 1. The van der Waals surface area contributed by atoms with Crippen molar-refractivity contribution in [3.05, 3.63) is 39.9 Å². The minimum absolute atomic E-state index is 0.173. The molecule has 0 aliphatic rings. The van der Waals surface area contributed by atoms with Crippen molar-refractivity contribution in [3.8, 4) is 0 Å². The van der Waals surface area contributed by atoms with Crippen LogP contribution < -0.4 is 0 Å². The first-order valence-corrected chi connectivity index (χ1v) is 4.67. The van der Waals surface area contributed by atoms with Gasteiger partial charge in [-0.3, -0.25) is 0 Å². The summed E-state index contributed by atoms with van der Waals surface area (Å²) in [6.07, 6.45) is 1.50. The Kier molecular flexibility index (Phi) is 3.55. The zero-order chi connectivity index (χ0) is 10.7. The van der Waals surface area contributed by atoms with Gasteiger partial charge < -0.3 is 5.11 Å². The van der Waals surface area contributed by atoms with Crippen LogP contribution in [-0.2, 0) is 4.79 Å². The molecule has 2 nitrogen and oxygen atoms in total. The summed E-state index contributed by atoms with van der Waals surface area (Å²) < 4.78 is 0. The molecule has 4 heteroatoms. The molecule has 0 atom stereocenters. The van der Waals surface area contributed by atoms with E-state index in [9.17, 15) is 4.79 Å². The Labute approximate surface area is 91.8 Å². The van der Waals surface area contributed by atoms with Gasteiger partial charge in [0, 0.05) is 10.6 Å². The topological polar surface area (TPSA) is 37.3 Å². The molecular weight excluding hydrogens is 223 g/mol. The molecule has 0 radical (unpaired) electrons. The summed E-state index contributed by atoms with van der Waals surface area (Å²) in [6.45, 7) is 1.65. The minimum Gasteiger partial charge on any atom is -0.478 e. The number of rotatable bonds is 2. The molecule has 0 fully saturated rings. The molecule has 0 amide bonds. The van der Waals surface area contributed by atoms with Crippen molar-refractivity contribution in [3.63, 3.8) is 0 Å². The molecule has 1 aromatic rings. The average molecular weight is 231 g/mol.